The van der Waals surface area contributed by atoms with E-state index in [-0.39, 0.29) is 42.7 Å². The summed E-state index contributed by atoms with van der Waals surface area (Å²) in [4.78, 5) is 14.1. The predicted octanol–water partition coefficient (Wildman–Crippen LogP) is 5.22. The van der Waals surface area contributed by atoms with Crippen LogP contribution >= 0.6 is 23.2 Å². The zero-order chi connectivity index (χ0) is 26.3. The molecule has 1 heterocycles. The standard InChI is InChI=1S/C24H25Cl2F3N2O4S/c1-36(33,34)30-23(32)18-10-17(14-2-3-14)21(11-20(18)27)35-13-24(29)4-6-31(7-5-24)12-15-8-16(25)9-19(26)22(15)28/h8-11,14H,2-7,12-13H2,1H3,(H,30,32). The van der Waals surface area contributed by atoms with Crippen molar-refractivity contribution in [2.45, 2.75) is 43.8 Å². The first kappa shape index (κ1) is 27.0. The Bertz CT molecular complexity index is 1280. The van der Waals surface area contributed by atoms with Gasteiger partial charge in [-0.25, -0.2) is 26.3 Å². The lowest BCUT2D eigenvalue weighted by molar-refractivity contribution is 0.0146. The molecular weight excluding hydrogens is 540 g/mol. The topological polar surface area (TPSA) is 75.7 Å². The number of benzene rings is 2. The number of amides is 1. The number of ether oxygens (including phenoxy) is 1. The van der Waals surface area contributed by atoms with Crippen molar-refractivity contribution in [3.63, 3.8) is 0 Å². The number of nitrogens with one attached hydrogen (secondary N) is 1. The minimum atomic E-state index is -3.86. The van der Waals surface area contributed by atoms with Crippen molar-refractivity contribution in [1.82, 2.24) is 9.62 Å². The summed E-state index contributed by atoms with van der Waals surface area (Å²) in [6.07, 6.45) is 2.65. The molecule has 0 spiro atoms. The number of halogens is 5. The summed E-state index contributed by atoms with van der Waals surface area (Å²) in [5.41, 5.74) is -1.21. The lowest BCUT2D eigenvalue weighted by Crippen LogP contribution is -2.44. The van der Waals surface area contributed by atoms with Gasteiger partial charge in [-0.05, 0) is 55.4 Å². The molecule has 2 aromatic carbocycles. The van der Waals surface area contributed by atoms with Crippen molar-refractivity contribution < 1.29 is 31.1 Å². The van der Waals surface area contributed by atoms with Crippen LogP contribution in [0.25, 0.3) is 0 Å². The normalized spacial score (nSPS) is 18.2. The molecule has 0 aromatic heterocycles. The van der Waals surface area contributed by atoms with Crippen LogP contribution in [0.4, 0.5) is 13.2 Å². The van der Waals surface area contributed by atoms with Gasteiger partial charge in [-0.3, -0.25) is 9.69 Å². The Morgan fingerprint density at radius 2 is 1.83 bits per heavy atom. The highest BCUT2D eigenvalue weighted by molar-refractivity contribution is 7.89. The Labute approximate surface area is 217 Å². The van der Waals surface area contributed by atoms with E-state index >= 15 is 4.39 Å². The van der Waals surface area contributed by atoms with Gasteiger partial charge in [0.15, 0.2) is 0 Å². The summed E-state index contributed by atoms with van der Waals surface area (Å²) in [5, 5.41) is 0.251. The van der Waals surface area contributed by atoms with E-state index in [0.717, 1.165) is 25.2 Å². The van der Waals surface area contributed by atoms with Gasteiger partial charge in [-0.15, -0.1) is 0 Å². The molecule has 1 saturated carbocycles. The molecule has 1 N–H and O–H groups in total. The van der Waals surface area contributed by atoms with E-state index in [2.05, 4.69) is 0 Å². The van der Waals surface area contributed by atoms with E-state index in [1.54, 1.807) is 4.72 Å². The second-order valence-corrected chi connectivity index (χ2v) is 12.0. The molecular formula is C24H25Cl2F3N2O4S. The maximum atomic E-state index is 15.5. The van der Waals surface area contributed by atoms with E-state index in [1.165, 1.54) is 18.2 Å². The number of hydrogen-bond donors (Lipinski definition) is 1. The average Bonchev–Trinajstić information content (AvgIpc) is 3.61. The third kappa shape index (κ3) is 6.65. The third-order valence-corrected chi connectivity index (χ3v) is 7.39. The van der Waals surface area contributed by atoms with Crippen LogP contribution < -0.4 is 9.46 Å². The lowest BCUT2D eigenvalue weighted by Gasteiger charge is -2.36. The molecule has 2 aliphatic rings. The molecule has 0 atom stereocenters. The fourth-order valence-corrected chi connectivity index (χ4v) is 5.22. The van der Waals surface area contributed by atoms with Gasteiger partial charge in [0.1, 0.15) is 29.7 Å². The van der Waals surface area contributed by atoms with Gasteiger partial charge in [-0.2, -0.15) is 0 Å². The van der Waals surface area contributed by atoms with Gasteiger partial charge in [-0.1, -0.05) is 23.2 Å². The third-order valence-electron chi connectivity index (χ3n) is 6.34. The molecule has 2 fully saturated rings. The maximum absolute atomic E-state index is 15.5. The first-order chi connectivity index (χ1) is 16.8. The molecule has 12 heteroatoms. The fraction of sp³-hybridized carbons (Fsp3) is 0.458. The van der Waals surface area contributed by atoms with Crippen LogP contribution in [0.5, 0.6) is 5.75 Å². The minimum Gasteiger partial charge on any atom is -0.490 e. The van der Waals surface area contributed by atoms with E-state index in [4.69, 9.17) is 27.9 Å². The van der Waals surface area contributed by atoms with E-state index in [9.17, 15) is 22.0 Å². The Kier molecular flexibility index (Phi) is 7.81. The molecule has 1 aliphatic heterocycles. The van der Waals surface area contributed by atoms with Crippen LogP contribution in [0.3, 0.4) is 0 Å². The summed E-state index contributed by atoms with van der Waals surface area (Å²) in [6.45, 7) is 0.610. The second-order valence-electron chi connectivity index (χ2n) is 9.42. The van der Waals surface area contributed by atoms with Crippen molar-refractivity contribution >= 4 is 39.1 Å². The first-order valence-corrected chi connectivity index (χ1v) is 14.0. The van der Waals surface area contributed by atoms with Crippen LogP contribution in [0, 0.1) is 11.6 Å². The van der Waals surface area contributed by atoms with Crippen molar-refractivity contribution in [2.75, 3.05) is 26.0 Å². The SMILES string of the molecule is CS(=O)(=O)NC(=O)c1cc(C2CC2)c(OCC2(F)CCN(Cc3cc(Cl)cc(Cl)c3F)CC2)cc1F. The van der Waals surface area contributed by atoms with Crippen LogP contribution in [-0.2, 0) is 16.6 Å². The molecule has 1 amide bonds. The Morgan fingerprint density at radius 3 is 2.44 bits per heavy atom. The minimum absolute atomic E-state index is 0.0298. The molecule has 196 valence electrons. The highest BCUT2D eigenvalue weighted by Gasteiger charge is 2.37. The molecule has 0 radical (unpaired) electrons. The van der Waals surface area contributed by atoms with Crippen LogP contribution in [0.1, 0.15) is 53.1 Å². The molecule has 2 aromatic rings. The Balaban J connectivity index is 1.41. The summed E-state index contributed by atoms with van der Waals surface area (Å²) < 4.78 is 74.7. The van der Waals surface area contributed by atoms with Gasteiger partial charge in [0, 0.05) is 36.3 Å². The second kappa shape index (κ2) is 10.4. The quantitative estimate of drug-likeness (QED) is 0.445. The number of nitrogens with zero attached hydrogens (tertiary/aromatic N) is 1. The number of rotatable bonds is 8. The zero-order valence-electron chi connectivity index (χ0n) is 19.4. The van der Waals surface area contributed by atoms with E-state index in [1.807, 2.05) is 4.90 Å². The largest absolute Gasteiger partial charge is 0.490 e. The number of hydrogen-bond acceptors (Lipinski definition) is 5. The van der Waals surface area contributed by atoms with Crippen molar-refractivity contribution in [2.24, 2.45) is 0 Å². The van der Waals surface area contributed by atoms with Crippen molar-refractivity contribution in [3.8, 4) is 5.75 Å². The summed E-state index contributed by atoms with van der Waals surface area (Å²) in [7, 11) is -3.86. The fourth-order valence-electron chi connectivity index (χ4n) is 4.24. The van der Waals surface area contributed by atoms with E-state index in [0.29, 0.717) is 29.2 Å². The van der Waals surface area contributed by atoms with Gasteiger partial charge < -0.3 is 4.74 Å². The summed E-state index contributed by atoms with van der Waals surface area (Å²) >= 11 is 11.8. The lowest BCUT2D eigenvalue weighted by atomic mass is 9.93. The Morgan fingerprint density at radius 1 is 1.17 bits per heavy atom. The average molecular weight is 565 g/mol. The van der Waals surface area contributed by atoms with Gasteiger partial charge >= 0.3 is 0 Å². The highest BCUT2D eigenvalue weighted by Crippen LogP contribution is 2.45. The molecule has 36 heavy (non-hydrogen) atoms. The van der Waals surface area contributed by atoms with Crippen LogP contribution in [0.2, 0.25) is 10.0 Å². The van der Waals surface area contributed by atoms with Gasteiger partial charge in [0.25, 0.3) is 5.91 Å². The monoisotopic (exact) mass is 564 g/mol. The van der Waals surface area contributed by atoms with Crippen molar-refractivity contribution in [3.05, 3.63) is 62.6 Å². The summed E-state index contributed by atoms with van der Waals surface area (Å²) in [6, 6.07) is 5.11. The number of carbonyl (C=O) groups is 1. The number of sulfonamides is 1. The first-order valence-electron chi connectivity index (χ1n) is 11.4. The van der Waals surface area contributed by atoms with Gasteiger partial charge in [0.05, 0.1) is 16.8 Å². The van der Waals surface area contributed by atoms with Crippen LogP contribution in [-0.4, -0.2) is 50.8 Å². The smallest absolute Gasteiger partial charge is 0.267 e. The van der Waals surface area contributed by atoms with E-state index < -0.39 is 38.8 Å². The van der Waals surface area contributed by atoms with Gasteiger partial charge in [0.2, 0.25) is 10.0 Å². The molecule has 0 unspecified atom stereocenters. The predicted molar refractivity (Wildman–Crippen MR) is 131 cm³/mol. The number of piperidine rings is 1. The molecule has 0 bridgehead atoms. The van der Waals surface area contributed by atoms with Crippen molar-refractivity contribution in [1.29, 1.82) is 0 Å². The number of alkyl halides is 1. The highest BCUT2D eigenvalue weighted by atomic mass is 35.5. The van der Waals surface area contributed by atoms with Crippen LogP contribution in [0.15, 0.2) is 24.3 Å². The number of likely N-dealkylation sites (tertiary alicyclic amines) is 1. The molecule has 6 nitrogen and oxygen atoms in total. The number of carbonyl (C=O) groups excluding carboxylic acids is 1. The molecule has 1 aliphatic carbocycles. The molecule has 4 rings (SSSR count). The summed E-state index contributed by atoms with van der Waals surface area (Å²) in [5.74, 6) is -2.41. The Hall–Kier alpha value is -2.01. The maximum Gasteiger partial charge on any atom is 0.267 e. The zero-order valence-corrected chi connectivity index (χ0v) is 21.8. The molecule has 1 saturated heterocycles.